The number of piperidine rings is 1. The van der Waals surface area contributed by atoms with Crippen LogP contribution >= 0.6 is 0 Å². The first-order valence-electron chi connectivity index (χ1n) is 10.2. The topological polar surface area (TPSA) is 47.1 Å². The lowest BCUT2D eigenvalue weighted by molar-refractivity contribution is 0.156. The van der Waals surface area contributed by atoms with Gasteiger partial charge in [-0.25, -0.2) is 4.98 Å². The summed E-state index contributed by atoms with van der Waals surface area (Å²) >= 11 is 0. The lowest BCUT2D eigenvalue weighted by Crippen LogP contribution is -2.46. The molecule has 0 radical (unpaired) electrons. The van der Waals surface area contributed by atoms with E-state index in [1.54, 1.807) is 0 Å². The zero-order valence-electron chi connectivity index (χ0n) is 16.9. The maximum absolute atomic E-state index is 6.23. The molecular formula is C24H30N4. The van der Waals surface area contributed by atoms with E-state index in [9.17, 15) is 0 Å². The third-order valence-corrected chi connectivity index (χ3v) is 6.46. The van der Waals surface area contributed by atoms with Gasteiger partial charge in [0.2, 0.25) is 0 Å². The molecule has 4 heteroatoms. The minimum atomic E-state index is 0.137. The number of likely N-dealkylation sites (tertiary alicyclic amines) is 1. The van der Waals surface area contributed by atoms with E-state index < -0.39 is 0 Å². The Balaban J connectivity index is 1.40. The van der Waals surface area contributed by atoms with Crippen molar-refractivity contribution < 1.29 is 0 Å². The average molecular weight is 375 g/mol. The van der Waals surface area contributed by atoms with Crippen LogP contribution in [0.2, 0.25) is 0 Å². The van der Waals surface area contributed by atoms with Crippen molar-refractivity contribution in [2.75, 3.05) is 19.6 Å². The number of hydrogen-bond donors (Lipinski definition) is 1. The molecule has 0 spiro atoms. The fraction of sp³-hybridized carbons (Fsp3) is 0.375. The van der Waals surface area contributed by atoms with Crippen molar-refractivity contribution in [3.05, 3.63) is 83.4 Å². The van der Waals surface area contributed by atoms with E-state index in [-0.39, 0.29) is 5.41 Å². The molecule has 0 atom stereocenters. The molecule has 146 valence electrons. The van der Waals surface area contributed by atoms with Crippen LogP contribution in [0.15, 0.2) is 60.9 Å². The summed E-state index contributed by atoms with van der Waals surface area (Å²) in [5, 5.41) is 0. The molecule has 0 saturated carbocycles. The molecule has 3 aromatic rings. The first-order chi connectivity index (χ1) is 13.6. The smallest absolute Gasteiger partial charge is 0.0997 e. The highest BCUT2D eigenvalue weighted by Crippen LogP contribution is 2.35. The molecule has 1 saturated heterocycles. The molecule has 2 N–H and O–H groups in total. The van der Waals surface area contributed by atoms with Gasteiger partial charge in [-0.2, -0.15) is 0 Å². The van der Waals surface area contributed by atoms with Gasteiger partial charge in [0.05, 0.1) is 12.0 Å². The van der Waals surface area contributed by atoms with Gasteiger partial charge in [-0.1, -0.05) is 42.5 Å². The van der Waals surface area contributed by atoms with Gasteiger partial charge in [0, 0.05) is 29.9 Å². The van der Waals surface area contributed by atoms with Crippen molar-refractivity contribution in [2.24, 2.45) is 5.73 Å². The molecule has 2 heterocycles. The Morgan fingerprint density at radius 3 is 2.21 bits per heavy atom. The summed E-state index contributed by atoms with van der Waals surface area (Å²) in [6, 6.07) is 19.7. The minimum absolute atomic E-state index is 0.137. The van der Waals surface area contributed by atoms with E-state index in [0.29, 0.717) is 0 Å². The van der Waals surface area contributed by atoms with Gasteiger partial charge in [-0.05, 0) is 63.0 Å². The van der Waals surface area contributed by atoms with Crippen molar-refractivity contribution in [3.63, 3.8) is 0 Å². The van der Waals surface area contributed by atoms with Gasteiger partial charge in [0.25, 0.3) is 0 Å². The fourth-order valence-electron chi connectivity index (χ4n) is 4.32. The second-order valence-corrected chi connectivity index (χ2v) is 8.08. The van der Waals surface area contributed by atoms with Crippen molar-refractivity contribution in [2.45, 2.75) is 38.6 Å². The lowest BCUT2D eigenvalue weighted by Gasteiger charge is -2.41. The monoisotopic (exact) mass is 374 g/mol. The Morgan fingerprint density at radius 1 is 0.964 bits per heavy atom. The van der Waals surface area contributed by atoms with E-state index in [0.717, 1.165) is 44.7 Å². The molecule has 4 rings (SSSR count). The molecule has 1 fully saturated rings. The van der Waals surface area contributed by atoms with Gasteiger partial charge in [-0.15, -0.1) is 0 Å². The number of hydrogen-bond acceptors (Lipinski definition) is 3. The number of imidazole rings is 1. The van der Waals surface area contributed by atoms with Crippen molar-refractivity contribution >= 4 is 0 Å². The van der Waals surface area contributed by atoms with Gasteiger partial charge >= 0.3 is 0 Å². The second kappa shape index (κ2) is 7.90. The lowest BCUT2D eigenvalue weighted by atomic mass is 9.73. The molecule has 28 heavy (non-hydrogen) atoms. The molecule has 0 amide bonds. The van der Waals surface area contributed by atoms with Crippen molar-refractivity contribution in [3.8, 4) is 5.69 Å². The van der Waals surface area contributed by atoms with Crippen LogP contribution in [0.3, 0.4) is 0 Å². The third-order valence-electron chi connectivity index (χ3n) is 6.46. The average Bonchev–Trinajstić information content (AvgIpc) is 3.08. The Hall–Kier alpha value is -2.43. The van der Waals surface area contributed by atoms with Crippen LogP contribution in [-0.2, 0) is 12.0 Å². The zero-order chi connectivity index (χ0) is 19.6. The standard InChI is InChI=1S/C24H30N4/c1-19-20(2)28(18-26-19)23-10-8-21(9-11-23)16-27-14-12-24(17-25,13-15-27)22-6-4-3-5-7-22/h3-11,18H,12-17,25H2,1-2H3. The van der Waals surface area contributed by atoms with Crippen LogP contribution in [0.25, 0.3) is 5.69 Å². The van der Waals surface area contributed by atoms with E-state index in [2.05, 4.69) is 76.0 Å². The van der Waals surface area contributed by atoms with Gasteiger partial charge in [0.15, 0.2) is 0 Å². The number of aromatic nitrogens is 2. The first kappa shape index (κ1) is 18.9. The maximum Gasteiger partial charge on any atom is 0.0997 e. The summed E-state index contributed by atoms with van der Waals surface area (Å²) in [7, 11) is 0. The molecule has 0 bridgehead atoms. The van der Waals surface area contributed by atoms with E-state index in [1.807, 2.05) is 13.3 Å². The van der Waals surface area contributed by atoms with Crippen LogP contribution in [0.5, 0.6) is 0 Å². The normalized spacial score (nSPS) is 17.0. The van der Waals surface area contributed by atoms with Crippen LogP contribution in [-0.4, -0.2) is 34.1 Å². The Bertz CT molecular complexity index is 904. The molecule has 1 aliphatic rings. The SMILES string of the molecule is Cc1ncn(-c2ccc(CN3CCC(CN)(c4ccccc4)CC3)cc2)c1C. The van der Waals surface area contributed by atoms with Crippen molar-refractivity contribution in [1.82, 2.24) is 14.5 Å². The Labute approximate surface area is 168 Å². The summed E-state index contributed by atoms with van der Waals surface area (Å²) in [5.41, 5.74) is 12.6. The van der Waals surface area contributed by atoms with E-state index in [1.165, 1.54) is 22.5 Å². The summed E-state index contributed by atoms with van der Waals surface area (Å²) in [6.07, 6.45) is 4.15. The predicted molar refractivity (Wildman–Crippen MR) is 115 cm³/mol. The number of aryl methyl sites for hydroxylation is 1. The molecule has 1 aromatic heterocycles. The zero-order valence-corrected chi connectivity index (χ0v) is 16.9. The highest BCUT2D eigenvalue weighted by Gasteiger charge is 2.34. The number of nitrogens with two attached hydrogens (primary N) is 1. The van der Waals surface area contributed by atoms with Gasteiger partial charge in [-0.3, -0.25) is 4.90 Å². The summed E-state index contributed by atoms with van der Waals surface area (Å²) in [5.74, 6) is 0. The molecule has 0 aliphatic carbocycles. The predicted octanol–water partition coefficient (Wildman–Crippen LogP) is 3.98. The first-order valence-corrected chi connectivity index (χ1v) is 10.2. The van der Waals surface area contributed by atoms with Crippen molar-refractivity contribution in [1.29, 1.82) is 0 Å². The molecule has 1 aliphatic heterocycles. The molecule has 2 aromatic carbocycles. The largest absolute Gasteiger partial charge is 0.330 e. The van der Waals surface area contributed by atoms with Crippen LogP contribution in [0.4, 0.5) is 0 Å². The van der Waals surface area contributed by atoms with Gasteiger partial charge < -0.3 is 10.3 Å². The van der Waals surface area contributed by atoms with Crippen LogP contribution in [0.1, 0.15) is 35.4 Å². The van der Waals surface area contributed by atoms with Gasteiger partial charge in [0.1, 0.15) is 0 Å². The van der Waals surface area contributed by atoms with E-state index in [4.69, 9.17) is 5.73 Å². The summed E-state index contributed by atoms with van der Waals surface area (Å²) in [6.45, 7) is 8.07. The van der Waals surface area contributed by atoms with Crippen LogP contribution < -0.4 is 5.73 Å². The number of benzene rings is 2. The Kier molecular flexibility index (Phi) is 5.33. The highest BCUT2D eigenvalue weighted by molar-refractivity contribution is 5.37. The quantitative estimate of drug-likeness (QED) is 0.735. The maximum atomic E-state index is 6.23. The second-order valence-electron chi connectivity index (χ2n) is 8.08. The summed E-state index contributed by atoms with van der Waals surface area (Å²) < 4.78 is 2.15. The fourth-order valence-corrected chi connectivity index (χ4v) is 4.32. The highest BCUT2D eigenvalue weighted by atomic mass is 15.1. The van der Waals surface area contributed by atoms with Crippen LogP contribution in [0, 0.1) is 13.8 Å². The summed E-state index contributed by atoms with van der Waals surface area (Å²) in [4.78, 5) is 6.95. The minimum Gasteiger partial charge on any atom is -0.330 e. The molecule has 4 nitrogen and oxygen atoms in total. The number of nitrogens with zero attached hydrogens (tertiary/aromatic N) is 3. The molecular weight excluding hydrogens is 344 g/mol. The molecule has 0 unspecified atom stereocenters. The van der Waals surface area contributed by atoms with E-state index >= 15 is 0 Å². The number of rotatable bonds is 5. The Morgan fingerprint density at radius 2 is 1.64 bits per heavy atom. The third kappa shape index (κ3) is 3.62.